The van der Waals surface area contributed by atoms with Gasteiger partial charge in [0, 0.05) is 13.2 Å². The molecule has 7 heteroatoms. The van der Waals surface area contributed by atoms with Crippen molar-refractivity contribution in [2.45, 2.75) is 0 Å². The first kappa shape index (κ1) is 15.3. The van der Waals surface area contributed by atoms with Crippen molar-refractivity contribution in [2.75, 3.05) is 11.9 Å². The maximum atomic E-state index is 12.5. The van der Waals surface area contributed by atoms with E-state index in [1.807, 2.05) is 0 Å². The largest absolute Gasteiger partial charge is 0.478 e. The van der Waals surface area contributed by atoms with Crippen LogP contribution in [0.5, 0.6) is 0 Å². The number of hydrogen-bond donors (Lipinski definition) is 1. The molecule has 0 saturated carbocycles. The van der Waals surface area contributed by atoms with Gasteiger partial charge in [-0.25, -0.2) is 9.78 Å². The topological polar surface area (TPSA) is 70.5 Å². The van der Waals surface area contributed by atoms with E-state index in [4.69, 9.17) is 23.2 Å². The monoisotopic (exact) mass is 324 g/mol. The molecule has 108 valence electrons. The minimum Gasteiger partial charge on any atom is -0.478 e. The van der Waals surface area contributed by atoms with Gasteiger partial charge in [-0.3, -0.25) is 4.79 Å². The number of aromatic carboxylic acids is 1. The molecule has 0 fully saturated rings. The minimum atomic E-state index is -1.12. The van der Waals surface area contributed by atoms with E-state index in [-0.39, 0.29) is 27.0 Å². The van der Waals surface area contributed by atoms with Crippen LogP contribution in [0.1, 0.15) is 20.7 Å². The van der Waals surface area contributed by atoms with Gasteiger partial charge in [0.05, 0.1) is 21.8 Å². The van der Waals surface area contributed by atoms with Crippen LogP contribution in [0.4, 0.5) is 5.69 Å². The molecule has 21 heavy (non-hydrogen) atoms. The molecule has 0 aliphatic rings. The number of benzene rings is 1. The third-order valence-corrected chi connectivity index (χ3v) is 3.36. The lowest BCUT2D eigenvalue weighted by atomic mass is 10.1. The SMILES string of the molecule is CN(C(=O)c1cc(Cl)ncc1Cl)c1ccccc1C(=O)O. The molecule has 2 rings (SSSR count). The van der Waals surface area contributed by atoms with Crippen molar-refractivity contribution >= 4 is 40.8 Å². The molecular formula is C14H10Cl2N2O3. The van der Waals surface area contributed by atoms with Gasteiger partial charge in [-0.1, -0.05) is 35.3 Å². The van der Waals surface area contributed by atoms with Crippen LogP contribution in [-0.4, -0.2) is 29.0 Å². The Labute approximate surface area is 130 Å². The summed E-state index contributed by atoms with van der Waals surface area (Å²) in [6.07, 6.45) is 1.27. The molecule has 1 amide bonds. The summed E-state index contributed by atoms with van der Waals surface area (Å²) in [5.41, 5.74) is 0.433. The van der Waals surface area contributed by atoms with Crippen molar-refractivity contribution in [3.8, 4) is 0 Å². The van der Waals surface area contributed by atoms with E-state index in [9.17, 15) is 14.7 Å². The Morgan fingerprint density at radius 2 is 1.86 bits per heavy atom. The van der Waals surface area contributed by atoms with Gasteiger partial charge in [0.25, 0.3) is 5.91 Å². The fraction of sp³-hybridized carbons (Fsp3) is 0.0714. The summed E-state index contributed by atoms with van der Waals surface area (Å²) in [5, 5.41) is 9.44. The maximum absolute atomic E-state index is 12.5. The number of carbonyl (C=O) groups is 2. The van der Waals surface area contributed by atoms with Crippen molar-refractivity contribution in [1.82, 2.24) is 4.98 Å². The number of halogens is 2. The Morgan fingerprint density at radius 3 is 2.52 bits per heavy atom. The fourth-order valence-electron chi connectivity index (χ4n) is 1.81. The quantitative estimate of drug-likeness (QED) is 0.879. The standard InChI is InChI=1S/C14H10Cl2N2O3/c1-18(11-5-3-2-4-8(11)14(20)21)13(19)9-6-12(16)17-7-10(9)15/h2-7H,1H3,(H,20,21). The van der Waals surface area contributed by atoms with Crippen LogP contribution >= 0.6 is 23.2 Å². The van der Waals surface area contributed by atoms with Gasteiger partial charge in [-0.05, 0) is 18.2 Å². The fourth-order valence-corrected chi connectivity index (χ4v) is 2.16. The first-order valence-corrected chi connectivity index (χ1v) is 6.59. The molecule has 0 spiro atoms. The molecule has 0 atom stereocenters. The first-order valence-electron chi connectivity index (χ1n) is 5.83. The number of carboxylic acids is 1. The third-order valence-electron chi connectivity index (χ3n) is 2.85. The van der Waals surface area contributed by atoms with Crippen molar-refractivity contribution in [3.63, 3.8) is 0 Å². The highest BCUT2D eigenvalue weighted by atomic mass is 35.5. The zero-order chi connectivity index (χ0) is 15.6. The lowest BCUT2D eigenvalue weighted by Gasteiger charge is -2.19. The van der Waals surface area contributed by atoms with Gasteiger partial charge in [-0.15, -0.1) is 0 Å². The van der Waals surface area contributed by atoms with Gasteiger partial charge < -0.3 is 10.0 Å². The molecule has 2 aromatic rings. The summed E-state index contributed by atoms with van der Waals surface area (Å²) in [6, 6.07) is 7.53. The number of anilines is 1. The van der Waals surface area contributed by atoms with Crippen LogP contribution in [-0.2, 0) is 0 Å². The maximum Gasteiger partial charge on any atom is 0.337 e. The van der Waals surface area contributed by atoms with E-state index >= 15 is 0 Å². The van der Waals surface area contributed by atoms with Gasteiger partial charge in [-0.2, -0.15) is 0 Å². The zero-order valence-electron chi connectivity index (χ0n) is 10.9. The summed E-state index contributed by atoms with van der Waals surface area (Å²) < 4.78 is 0. The van der Waals surface area contributed by atoms with E-state index in [1.54, 1.807) is 12.1 Å². The van der Waals surface area contributed by atoms with Gasteiger partial charge >= 0.3 is 5.97 Å². The molecule has 1 aromatic heterocycles. The number of carboxylic acid groups (broad SMARTS) is 1. The second kappa shape index (κ2) is 6.11. The molecule has 0 aliphatic carbocycles. The predicted octanol–water partition coefficient (Wildman–Crippen LogP) is 3.36. The molecule has 0 aliphatic heterocycles. The van der Waals surface area contributed by atoms with Crippen molar-refractivity contribution in [1.29, 1.82) is 0 Å². The number of amides is 1. The summed E-state index contributed by atoms with van der Waals surface area (Å²) in [6.45, 7) is 0. The number of para-hydroxylation sites is 1. The average Bonchev–Trinajstić information content (AvgIpc) is 2.48. The van der Waals surface area contributed by atoms with Gasteiger partial charge in [0.2, 0.25) is 0 Å². The molecule has 0 unspecified atom stereocenters. The Hall–Kier alpha value is -2.11. The molecular weight excluding hydrogens is 315 g/mol. The molecule has 0 saturated heterocycles. The molecule has 1 heterocycles. The van der Waals surface area contributed by atoms with Gasteiger partial charge in [0.15, 0.2) is 0 Å². The van der Waals surface area contributed by atoms with E-state index in [2.05, 4.69) is 4.98 Å². The number of rotatable bonds is 3. The van der Waals surface area contributed by atoms with Crippen LogP contribution in [0.15, 0.2) is 36.5 Å². The highest BCUT2D eigenvalue weighted by Gasteiger charge is 2.21. The molecule has 0 bridgehead atoms. The van der Waals surface area contributed by atoms with Crippen molar-refractivity contribution in [3.05, 3.63) is 57.8 Å². The highest BCUT2D eigenvalue weighted by molar-refractivity contribution is 6.35. The first-order chi connectivity index (χ1) is 9.91. The van der Waals surface area contributed by atoms with Gasteiger partial charge in [0.1, 0.15) is 5.15 Å². The van der Waals surface area contributed by atoms with E-state index < -0.39 is 11.9 Å². The smallest absolute Gasteiger partial charge is 0.337 e. The number of pyridine rings is 1. The number of aromatic nitrogens is 1. The molecule has 1 N–H and O–H groups in total. The number of carbonyl (C=O) groups excluding carboxylic acids is 1. The zero-order valence-corrected chi connectivity index (χ0v) is 12.4. The Morgan fingerprint density at radius 1 is 1.19 bits per heavy atom. The summed E-state index contributed by atoms with van der Waals surface area (Å²) in [7, 11) is 1.47. The Kier molecular flexibility index (Phi) is 4.45. The summed E-state index contributed by atoms with van der Waals surface area (Å²) >= 11 is 11.7. The average molecular weight is 325 g/mol. The Balaban J connectivity index is 2.45. The minimum absolute atomic E-state index is 0.0182. The summed E-state index contributed by atoms with van der Waals surface area (Å²) in [4.78, 5) is 28.6. The van der Waals surface area contributed by atoms with Crippen LogP contribution in [0.25, 0.3) is 0 Å². The Bertz CT molecular complexity index is 719. The lowest BCUT2D eigenvalue weighted by Crippen LogP contribution is -2.28. The van der Waals surface area contributed by atoms with E-state index in [0.717, 1.165) is 0 Å². The predicted molar refractivity (Wildman–Crippen MR) is 80.4 cm³/mol. The molecule has 5 nitrogen and oxygen atoms in total. The molecule has 0 radical (unpaired) electrons. The third kappa shape index (κ3) is 3.15. The highest BCUT2D eigenvalue weighted by Crippen LogP contribution is 2.24. The van der Waals surface area contributed by atoms with Crippen LogP contribution in [0.3, 0.4) is 0 Å². The van der Waals surface area contributed by atoms with E-state index in [0.29, 0.717) is 0 Å². The van der Waals surface area contributed by atoms with Crippen molar-refractivity contribution in [2.24, 2.45) is 0 Å². The second-order valence-electron chi connectivity index (χ2n) is 4.17. The number of nitrogens with zero attached hydrogens (tertiary/aromatic N) is 2. The van der Waals surface area contributed by atoms with Crippen LogP contribution < -0.4 is 4.90 Å². The van der Waals surface area contributed by atoms with E-state index in [1.165, 1.54) is 36.3 Å². The van der Waals surface area contributed by atoms with Crippen molar-refractivity contribution < 1.29 is 14.7 Å². The number of hydrogen-bond acceptors (Lipinski definition) is 3. The molecule has 1 aromatic carbocycles. The normalized spacial score (nSPS) is 10.2. The van der Waals surface area contributed by atoms with Crippen LogP contribution in [0.2, 0.25) is 10.2 Å². The second-order valence-corrected chi connectivity index (χ2v) is 4.97. The summed E-state index contributed by atoms with van der Waals surface area (Å²) in [5.74, 6) is -1.60. The van der Waals surface area contributed by atoms with Crippen LogP contribution in [0, 0.1) is 0 Å². The lowest BCUT2D eigenvalue weighted by molar-refractivity contribution is 0.0697.